The molecule has 1 aliphatic rings. The fraction of sp³-hybridized carbons (Fsp3) is 0.241. The Morgan fingerprint density at radius 1 is 1.07 bits per heavy atom. The van der Waals surface area contributed by atoms with Gasteiger partial charge in [-0.2, -0.15) is 0 Å². The van der Waals surface area contributed by atoms with Crippen LogP contribution in [0.2, 0.25) is 0 Å². The number of nitrogens with zero attached hydrogens (tertiary/aromatic N) is 5. The summed E-state index contributed by atoms with van der Waals surface area (Å²) in [6.45, 7) is 0.340. The zero-order valence-electron chi connectivity index (χ0n) is 21.4. The first-order valence-corrected chi connectivity index (χ1v) is 13.8. The van der Waals surface area contributed by atoms with Crippen LogP contribution in [-0.4, -0.2) is 36.7 Å². The summed E-state index contributed by atoms with van der Waals surface area (Å²) in [4.78, 5) is 33.9. The van der Waals surface area contributed by atoms with Gasteiger partial charge in [-0.3, -0.25) is 19.6 Å². The minimum absolute atomic E-state index is 0.0127. The van der Waals surface area contributed by atoms with E-state index in [1.165, 1.54) is 22.1 Å². The molecule has 40 heavy (non-hydrogen) atoms. The summed E-state index contributed by atoms with van der Waals surface area (Å²) in [7, 11) is 0. The van der Waals surface area contributed by atoms with Gasteiger partial charge in [0.1, 0.15) is 23.8 Å². The number of rotatable bonds is 11. The first-order chi connectivity index (χ1) is 19.5. The van der Waals surface area contributed by atoms with Gasteiger partial charge in [0.25, 0.3) is 0 Å². The number of ketones is 1. The van der Waals surface area contributed by atoms with E-state index in [4.69, 9.17) is 4.74 Å². The molecule has 0 saturated heterocycles. The first-order valence-electron chi connectivity index (χ1n) is 12.9. The smallest absolute Gasteiger partial charge is 0.242 e. The van der Waals surface area contributed by atoms with Crippen LogP contribution in [0.5, 0.6) is 11.5 Å². The molecule has 1 aliphatic carbocycles. The van der Waals surface area contributed by atoms with Gasteiger partial charge in [0.15, 0.2) is 11.6 Å². The highest BCUT2D eigenvalue weighted by Crippen LogP contribution is 2.39. The number of aromatic nitrogens is 5. The molecule has 4 heterocycles. The summed E-state index contributed by atoms with van der Waals surface area (Å²) in [5.41, 5.74) is 2.66. The molecule has 0 bridgehead atoms. The minimum atomic E-state index is -0.525. The number of halogens is 1. The Hall–Kier alpha value is -4.51. The zero-order chi connectivity index (χ0) is 27.5. The molecule has 6 rings (SSSR count). The Labute approximate surface area is 233 Å². The molecule has 0 spiro atoms. The van der Waals surface area contributed by atoms with Crippen molar-refractivity contribution in [1.82, 2.24) is 30.3 Å². The lowest BCUT2D eigenvalue weighted by Crippen LogP contribution is -2.27. The molecule has 5 aromatic rings. The van der Waals surface area contributed by atoms with Gasteiger partial charge >= 0.3 is 0 Å². The minimum Gasteiger partial charge on any atom is -0.453 e. The van der Waals surface area contributed by atoms with E-state index >= 15 is 0 Å². The van der Waals surface area contributed by atoms with E-state index < -0.39 is 5.82 Å². The predicted molar refractivity (Wildman–Crippen MR) is 147 cm³/mol. The fourth-order valence-electron chi connectivity index (χ4n) is 4.30. The molecular formula is C29H25FN6O3S. The summed E-state index contributed by atoms with van der Waals surface area (Å²) in [6.07, 6.45) is 7.99. The number of benzene rings is 1. The van der Waals surface area contributed by atoms with Crippen LogP contribution in [0.15, 0.2) is 67.1 Å². The molecule has 0 atom stereocenters. The predicted octanol–water partition coefficient (Wildman–Crippen LogP) is 5.11. The van der Waals surface area contributed by atoms with Gasteiger partial charge in [0.05, 0.1) is 33.5 Å². The lowest BCUT2D eigenvalue weighted by Gasteiger charge is -2.09. The molecule has 11 heteroatoms. The number of hydrogen-bond acceptors (Lipinski definition) is 8. The molecule has 1 N–H and O–H groups in total. The van der Waals surface area contributed by atoms with Gasteiger partial charge in [-0.25, -0.2) is 9.07 Å². The van der Waals surface area contributed by atoms with Crippen LogP contribution in [0.3, 0.4) is 0 Å². The summed E-state index contributed by atoms with van der Waals surface area (Å²) in [5.74, 6) is 0.442. The monoisotopic (exact) mass is 556 g/mol. The molecule has 1 fully saturated rings. The van der Waals surface area contributed by atoms with Crippen LogP contribution in [-0.2, 0) is 29.1 Å². The average Bonchev–Trinajstić information content (AvgIpc) is 3.45. The van der Waals surface area contributed by atoms with Crippen molar-refractivity contribution in [3.05, 3.63) is 84.2 Å². The number of thiophene rings is 1. The van der Waals surface area contributed by atoms with Crippen molar-refractivity contribution in [3.8, 4) is 22.1 Å². The molecule has 1 aromatic carbocycles. The number of ether oxygens (including phenoxy) is 1. The highest BCUT2D eigenvalue weighted by Gasteiger charge is 2.24. The maximum atomic E-state index is 14.9. The van der Waals surface area contributed by atoms with Crippen molar-refractivity contribution in [1.29, 1.82) is 0 Å². The van der Waals surface area contributed by atoms with E-state index in [1.807, 2.05) is 24.3 Å². The third-order valence-corrected chi connectivity index (χ3v) is 7.66. The topological polar surface area (TPSA) is 112 Å². The summed E-state index contributed by atoms with van der Waals surface area (Å²) < 4.78 is 23.0. The lowest BCUT2D eigenvalue weighted by molar-refractivity contribution is -0.122. The first kappa shape index (κ1) is 25.8. The molecule has 1 amide bonds. The van der Waals surface area contributed by atoms with E-state index in [1.54, 1.807) is 36.8 Å². The molecule has 0 radical (unpaired) electrons. The quantitative estimate of drug-likeness (QED) is 0.241. The maximum absolute atomic E-state index is 14.9. The standard InChI is InChI=1S/C29H25FN6O3S/c30-22-13-19(12-21(37)11-18-4-5-18)6-7-25(22)39-26-8-10-32-23-14-27(40-29(23)26)24-16-36(35-34-24)17-28(38)33-15-20-3-1-2-9-31-20/h1-3,6-10,13-14,16,18H,4-5,11-12,15,17H2,(H,33,38). The highest BCUT2D eigenvalue weighted by atomic mass is 32.1. The average molecular weight is 557 g/mol. The van der Waals surface area contributed by atoms with Crippen LogP contribution in [0.25, 0.3) is 20.8 Å². The van der Waals surface area contributed by atoms with Crippen LogP contribution in [0.4, 0.5) is 4.39 Å². The van der Waals surface area contributed by atoms with Crippen LogP contribution >= 0.6 is 11.3 Å². The Balaban J connectivity index is 1.13. The van der Waals surface area contributed by atoms with E-state index in [9.17, 15) is 14.0 Å². The molecular weight excluding hydrogens is 531 g/mol. The second-order valence-electron chi connectivity index (χ2n) is 9.76. The van der Waals surface area contributed by atoms with Gasteiger partial charge in [-0.05, 0) is 54.7 Å². The molecule has 202 valence electrons. The van der Waals surface area contributed by atoms with Crippen LogP contribution < -0.4 is 10.1 Å². The van der Waals surface area contributed by atoms with Crippen molar-refractivity contribution in [3.63, 3.8) is 0 Å². The Morgan fingerprint density at radius 2 is 1.98 bits per heavy atom. The number of carbonyl (C=O) groups is 2. The summed E-state index contributed by atoms with van der Waals surface area (Å²) in [6, 6.07) is 13.7. The third-order valence-electron chi connectivity index (χ3n) is 6.50. The lowest BCUT2D eigenvalue weighted by atomic mass is 10.0. The van der Waals surface area contributed by atoms with E-state index in [0.717, 1.165) is 28.1 Å². The van der Waals surface area contributed by atoms with Crippen molar-refractivity contribution in [2.45, 2.75) is 38.8 Å². The van der Waals surface area contributed by atoms with Gasteiger partial charge in [-0.1, -0.05) is 17.3 Å². The van der Waals surface area contributed by atoms with E-state index in [0.29, 0.717) is 41.4 Å². The number of amides is 1. The largest absolute Gasteiger partial charge is 0.453 e. The Morgan fingerprint density at radius 3 is 2.77 bits per heavy atom. The summed E-state index contributed by atoms with van der Waals surface area (Å²) in [5, 5.41) is 11.1. The molecule has 0 aliphatic heterocycles. The van der Waals surface area contributed by atoms with Gasteiger partial charge in [-0.15, -0.1) is 16.4 Å². The zero-order valence-corrected chi connectivity index (χ0v) is 22.2. The van der Waals surface area contributed by atoms with Crippen LogP contribution in [0.1, 0.15) is 30.5 Å². The SMILES string of the molecule is O=C(Cc1ccc(Oc2ccnc3cc(-c4cn(CC(=O)NCc5ccccn5)nn4)sc23)c(F)c1)CC1CC1. The van der Waals surface area contributed by atoms with E-state index in [2.05, 4.69) is 25.6 Å². The number of carbonyl (C=O) groups excluding carboxylic acids is 2. The highest BCUT2D eigenvalue weighted by molar-refractivity contribution is 7.22. The summed E-state index contributed by atoms with van der Waals surface area (Å²) >= 11 is 1.39. The maximum Gasteiger partial charge on any atom is 0.242 e. The van der Waals surface area contributed by atoms with Gasteiger partial charge < -0.3 is 10.1 Å². The van der Waals surface area contributed by atoms with E-state index in [-0.39, 0.29) is 30.4 Å². The Bertz CT molecular complexity index is 1680. The van der Waals surface area contributed by atoms with Crippen LogP contribution in [0, 0.1) is 11.7 Å². The molecule has 0 unspecified atom stereocenters. The van der Waals surface area contributed by atoms with Crippen molar-refractivity contribution < 1.29 is 18.7 Å². The number of nitrogens with one attached hydrogen (secondary N) is 1. The second-order valence-corrected chi connectivity index (χ2v) is 10.8. The molecule has 4 aromatic heterocycles. The third kappa shape index (κ3) is 6.20. The van der Waals surface area contributed by atoms with Crippen molar-refractivity contribution in [2.75, 3.05) is 0 Å². The second kappa shape index (κ2) is 11.3. The molecule has 1 saturated carbocycles. The van der Waals surface area contributed by atoms with Gasteiger partial charge in [0, 0.05) is 31.3 Å². The van der Waals surface area contributed by atoms with Crippen molar-refractivity contribution in [2.24, 2.45) is 5.92 Å². The number of Topliss-reactive ketones (excluding diaryl/α,β-unsaturated/α-hetero) is 1. The number of fused-ring (bicyclic) bond motifs is 1. The molecule has 9 nitrogen and oxygen atoms in total. The number of hydrogen-bond donors (Lipinski definition) is 1. The van der Waals surface area contributed by atoms with Crippen molar-refractivity contribution >= 4 is 33.2 Å². The normalized spacial score (nSPS) is 12.9. The number of pyridine rings is 2. The Kier molecular flexibility index (Phi) is 7.28. The van der Waals surface area contributed by atoms with Gasteiger partial charge in [0.2, 0.25) is 5.91 Å². The fourth-order valence-corrected chi connectivity index (χ4v) is 5.32.